The molecule has 0 spiro atoms. The van der Waals surface area contributed by atoms with Crippen molar-refractivity contribution < 1.29 is 18.7 Å². The van der Waals surface area contributed by atoms with Gasteiger partial charge in [-0.15, -0.1) is 0 Å². The van der Waals surface area contributed by atoms with Crippen molar-refractivity contribution in [1.29, 1.82) is 5.26 Å². The van der Waals surface area contributed by atoms with Crippen molar-refractivity contribution in [3.63, 3.8) is 0 Å². The SMILES string of the molecule is Cc1cc(F)c(F)c2c1cc(C#N)n2CCNC(=O)O. The molecule has 1 aromatic carbocycles. The summed E-state index contributed by atoms with van der Waals surface area (Å²) in [5.41, 5.74) is 0.645. The minimum absolute atomic E-state index is 0.0111. The molecule has 1 amide bonds. The predicted molar refractivity (Wildman–Crippen MR) is 67.3 cm³/mol. The maximum Gasteiger partial charge on any atom is 0.404 e. The monoisotopic (exact) mass is 279 g/mol. The Bertz CT molecular complexity index is 732. The Morgan fingerprint density at radius 3 is 2.80 bits per heavy atom. The van der Waals surface area contributed by atoms with Gasteiger partial charge in [-0.25, -0.2) is 13.6 Å². The van der Waals surface area contributed by atoms with Gasteiger partial charge in [-0.05, 0) is 24.6 Å². The summed E-state index contributed by atoms with van der Waals surface area (Å²) < 4.78 is 28.7. The molecule has 1 aromatic heterocycles. The van der Waals surface area contributed by atoms with Crippen molar-refractivity contribution >= 4 is 17.0 Å². The number of halogens is 2. The summed E-state index contributed by atoms with van der Waals surface area (Å²) >= 11 is 0. The molecule has 0 aliphatic heterocycles. The zero-order valence-corrected chi connectivity index (χ0v) is 10.6. The highest BCUT2D eigenvalue weighted by atomic mass is 19.2. The lowest BCUT2D eigenvalue weighted by atomic mass is 10.1. The van der Waals surface area contributed by atoms with Crippen LogP contribution in [-0.4, -0.2) is 22.3 Å². The summed E-state index contributed by atoms with van der Waals surface area (Å²) in [7, 11) is 0. The summed E-state index contributed by atoms with van der Waals surface area (Å²) in [4.78, 5) is 10.4. The van der Waals surface area contributed by atoms with Crippen molar-refractivity contribution in [2.24, 2.45) is 0 Å². The third kappa shape index (κ3) is 2.28. The Morgan fingerprint density at radius 1 is 1.50 bits per heavy atom. The second kappa shape index (κ2) is 5.17. The summed E-state index contributed by atoms with van der Waals surface area (Å²) in [5.74, 6) is -2.03. The van der Waals surface area contributed by atoms with E-state index in [2.05, 4.69) is 5.32 Å². The first-order valence-corrected chi connectivity index (χ1v) is 5.80. The van der Waals surface area contributed by atoms with Crippen molar-refractivity contribution in [2.45, 2.75) is 13.5 Å². The zero-order chi connectivity index (χ0) is 14.9. The van der Waals surface area contributed by atoms with Crippen LogP contribution in [-0.2, 0) is 6.54 Å². The van der Waals surface area contributed by atoms with E-state index < -0.39 is 17.7 Å². The molecule has 0 saturated carbocycles. The molecule has 0 aliphatic rings. The van der Waals surface area contributed by atoms with Crippen LogP contribution in [0.4, 0.5) is 13.6 Å². The summed E-state index contributed by atoms with van der Waals surface area (Å²) in [6, 6.07) is 4.43. The number of aromatic nitrogens is 1. The molecule has 0 atom stereocenters. The number of fused-ring (bicyclic) bond motifs is 1. The Labute approximate surface area is 113 Å². The van der Waals surface area contributed by atoms with Gasteiger partial charge in [-0.3, -0.25) is 0 Å². The van der Waals surface area contributed by atoms with Crippen molar-refractivity contribution in [3.8, 4) is 6.07 Å². The van der Waals surface area contributed by atoms with Crippen molar-refractivity contribution in [3.05, 3.63) is 35.0 Å². The highest BCUT2D eigenvalue weighted by Crippen LogP contribution is 2.27. The first kappa shape index (κ1) is 13.8. The predicted octanol–water partition coefficient (Wildman–Crippen LogP) is 2.37. The van der Waals surface area contributed by atoms with Crippen LogP contribution in [0, 0.1) is 29.9 Å². The van der Waals surface area contributed by atoms with Crippen LogP contribution in [0.5, 0.6) is 0 Å². The van der Waals surface area contributed by atoms with Gasteiger partial charge in [0.15, 0.2) is 11.6 Å². The van der Waals surface area contributed by atoms with Crippen LogP contribution >= 0.6 is 0 Å². The number of benzene rings is 1. The number of aryl methyl sites for hydroxylation is 1. The fraction of sp³-hybridized carbons (Fsp3) is 0.231. The van der Waals surface area contributed by atoms with E-state index in [4.69, 9.17) is 10.4 Å². The molecule has 2 rings (SSSR count). The van der Waals surface area contributed by atoms with E-state index in [1.807, 2.05) is 6.07 Å². The van der Waals surface area contributed by atoms with E-state index in [0.717, 1.165) is 6.07 Å². The maximum absolute atomic E-state index is 13.9. The molecule has 0 fully saturated rings. The van der Waals surface area contributed by atoms with Gasteiger partial charge in [-0.1, -0.05) is 0 Å². The van der Waals surface area contributed by atoms with Gasteiger partial charge in [0.2, 0.25) is 0 Å². The second-order valence-corrected chi connectivity index (χ2v) is 4.28. The van der Waals surface area contributed by atoms with Crippen molar-refractivity contribution in [2.75, 3.05) is 6.54 Å². The summed E-state index contributed by atoms with van der Waals surface area (Å²) in [6.07, 6.45) is -1.22. The molecule has 104 valence electrons. The average molecular weight is 279 g/mol. The lowest BCUT2D eigenvalue weighted by Crippen LogP contribution is -2.25. The number of nitrogens with zero attached hydrogens (tertiary/aromatic N) is 2. The zero-order valence-electron chi connectivity index (χ0n) is 10.6. The molecule has 0 bridgehead atoms. The smallest absolute Gasteiger partial charge is 0.404 e. The molecule has 0 aliphatic carbocycles. The maximum atomic E-state index is 13.9. The number of nitrogens with one attached hydrogen (secondary N) is 1. The quantitative estimate of drug-likeness (QED) is 0.905. The molecule has 1 heterocycles. The van der Waals surface area contributed by atoms with Crippen LogP contribution in [0.25, 0.3) is 10.9 Å². The van der Waals surface area contributed by atoms with Gasteiger partial charge in [0.05, 0.1) is 5.52 Å². The minimum Gasteiger partial charge on any atom is -0.465 e. The average Bonchev–Trinajstić information content (AvgIpc) is 2.75. The van der Waals surface area contributed by atoms with Gasteiger partial charge >= 0.3 is 6.09 Å². The number of carbonyl (C=O) groups is 1. The van der Waals surface area contributed by atoms with Crippen LogP contribution in [0.2, 0.25) is 0 Å². The molecule has 0 saturated heterocycles. The molecular formula is C13H11F2N3O2. The van der Waals surface area contributed by atoms with E-state index in [1.54, 1.807) is 6.92 Å². The number of nitriles is 1. The Morgan fingerprint density at radius 2 is 2.20 bits per heavy atom. The third-order valence-corrected chi connectivity index (χ3v) is 3.01. The fourth-order valence-electron chi connectivity index (χ4n) is 2.13. The molecule has 0 unspecified atom stereocenters. The normalized spacial score (nSPS) is 10.5. The molecule has 7 heteroatoms. The van der Waals surface area contributed by atoms with Crippen LogP contribution in [0.15, 0.2) is 12.1 Å². The Hall–Kier alpha value is -2.62. The molecule has 5 nitrogen and oxygen atoms in total. The first-order valence-electron chi connectivity index (χ1n) is 5.80. The first-order chi connectivity index (χ1) is 9.45. The Kier molecular flexibility index (Phi) is 3.57. The Balaban J connectivity index is 2.56. The highest BCUT2D eigenvalue weighted by molar-refractivity contribution is 5.86. The summed E-state index contributed by atoms with van der Waals surface area (Å²) in [6.45, 7) is 1.65. The second-order valence-electron chi connectivity index (χ2n) is 4.28. The molecule has 2 N–H and O–H groups in total. The molecule has 20 heavy (non-hydrogen) atoms. The van der Waals surface area contributed by atoms with Crippen LogP contribution < -0.4 is 5.32 Å². The largest absolute Gasteiger partial charge is 0.465 e. The number of amides is 1. The fourth-order valence-corrected chi connectivity index (χ4v) is 2.13. The van der Waals surface area contributed by atoms with Gasteiger partial charge in [-0.2, -0.15) is 5.26 Å². The van der Waals surface area contributed by atoms with E-state index >= 15 is 0 Å². The van der Waals surface area contributed by atoms with Gasteiger partial charge in [0.1, 0.15) is 11.8 Å². The standard InChI is InChI=1S/C13H11F2N3O2/c1-7-4-10(14)11(15)12-9(7)5-8(6-16)18(12)3-2-17-13(19)20/h4-5,17H,2-3H2,1H3,(H,19,20). The van der Waals surface area contributed by atoms with Gasteiger partial charge < -0.3 is 15.0 Å². The van der Waals surface area contributed by atoms with E-state index in [-0.39, 0.29) is 24.3 Å². The number of rotatable bonds is 3. The number of carboxylic acid groups (broad SMARTS) is 1. The molecule has 2 aromatic rings. The van der Waals surface area contributed by atoms with Crippen LogP contribution in [0.1, 0.15) is 11.3 Å². The topological polar surface area (TPSA) is 78.0 Å². The summed E-state index contributed by atoms with van der Waals surface area (Å²) in [5, 5.41) is 20.1. The molecular weight excluding hydrogens is 268 g/mol. The third-order valence-electron chi connectivity index (χ3n) is 3.01. The van der Waals surface area contributed by atoms with E-state index in [9.17, 15) is 13.6 Å². The van der Waals surface area contributed by atoms with Gasteiger partial charge in [0, 0.05) is 18.5 Å². The van der Waals surface area contributed by atoms with E-state index in [0.29, 0.717) is 10.9 Å². The lowest BCUT2D eigenvalue weighted by molar-refractivity contribution is 0.194. The number of hydrogen-bond acceptors (Lipinski definition) is 2. The highest BCUT2D eigenvalue weighted by Gasteiger charge is 2.17. The molecule has 0 radical (unpaired) electrons. The van der Waals surface area contributed by atoms with Gasteiger partial charge in [0.25, 0.3) is 0 Å². The van der Waals surface area contributed by atoms with E-state index in [1.165, 1.54) is 10.6 Å². The van der Waals surface area contributed by atoms with Crippen molar-refractivity contribution in [1.82, 2.24) is 9.88 Å². The minimum atomic E-state index is -1.22. The van der Waals surface area contributed by atoms with Crippen LogP contribution in [0.3, 0.4) is 0 Å². The lowest BCUT2D eigenvalue weighted by Gasteiger charge is -2.08. The number of hydrogen-bond donors (Lipinski definition) is 2.